The minimum absolute atomic E-state index is 0.145. The van der Waals surface area contributed by atoms with Gasteiger partial charge in [0.1, 0.15) is 0 Å². The molecule has 0 bridgehead atoms. The van der Waals surface area contributed by atoms with E-state index in [2.05, 4.69) is 53.8 Å². The predicted molar refractivity (Wildman–Crippen MR) is 127 cm³/mol. The Bertz CT molecular complexity index is 761. The van der Waals surface area contributed by atoms with Crippen molar-refractivity contribution < 1.29 is 4.39 Å². The van der Waals surface area contributed by atoms with Gasteiger partial charge in [0.05, 0.1) is 0 Å². The van der Waals surface area contributed by atoms with E-state index in [0.29, 0.717) is 11.8 Å². The van der Waals surface area contributed by atoms with Crippen LogP contribution in [0.25, 0.3) is 0 Å². The zero-order valence-corrected chi connectivity index (χ0v) is 18.9. The van der Waals surface area contributed by atoms with Crippen LogP contribution in [0.15, 0.2) is 48.5 Å². The first-order chi connectivity index (χ1) is 15.2. The van der Waals surface area contributed by atoms with E-state index in [-0.39, 0.29) is 6.04 Å². The van der Waals surface area contributed by atoms with Crippen LogP contribution in [0.2, 0.25) is 0 Å². The fraction of sp³-hybridized carbons (Fsp3) is 0.586. The summed E-state index contributed by atoms with van der Waals surface area (Å²) in [7, 11) is 0. The second-order valence-electron chi connectivity index (χ2n) is 10.3. The number of nitrogens with one attached hydrogen (secondary N) is 1. The lowest BCUT2D eigenvalue weighted by Crippen LogP contribution is -2.42. The van der Waals surface area contributed by atoms with E-state index in [4.69, 9.17) is 0 Å². The Morgan fingerprint density at radius 1 is 0.581 bits per heavy atom. The third kappa shape index (κ3) is 4.33. The maximum atomic E-state index is 17.0. The van der Waals surface area contributed by atoms with Crippen molar-refractivity contribution >= 4 is 0 Å². The van der Waals surface area contributed by atoms with Gasteiger partial charge in [-0.25, -0.2) is 4.39 Å². The molecule has 31 heavy (non-hydrogen) atoms. The molecule has 3 aliphatic rings. The topological polar surface area (TPSA) is 12.0 Å². The molecule has 0 spiro atoms. The van der Waals surface area contributed by atoms with Crippen molar-refractivity contribution in [2.24, 2.45) is 0 Å². The highest BCUT2D eigenvalue weighted by Gasteiger charge is 2.44. The molecule has 0 aromatic heterocycles. The maximum Gasteiger partial charge on any atom is 0.176 e. The van der Waals surface area contributed by atoms with Gasteiger partial charge in [-0.05, 0) is 79.2 Å². The fourth-order valence-electron chi connectivity index (χ4n) is 6.46. The van der Waals surface area contributed by atoms with E-state index >= 15 is 4.39 Å². The first kappa shape index (κ1) is 21.2. The first-order valence-electron chi connectivity index (χ1n) is 12.9. The van der Waals surface area contributed by atoms with Crippen LogP contribution >= 0.6 is 0 Å². The third-order valence-electron chi connectivity index (χ3n) is 8.36. The summed E-state index contributed by atoms with van der Waals surface area (Å²) >= 11 is 0. The van der Waals surface area contributed by atoms with E-state index in [9.17, 15) is 0 Å². The van der Waals surface area contributed by atoms with Crippen LogP contribution in [0.4, 0.5) is 4.39 Å². The molecule has 3 fully saturated rings. The van der Waals surface area contributed by atoms with Gasteiger partial charge in [-0.15, -0.1) is 0 Å². The van der Waals surface area contributed by atoms with Gasteiger partial charge in [-0.2, -0.15) is 0 Å². The third-order valence-corrected chi connectivity index (χ3v) is 8.36. The van der Waals surface area contributed by atoms with Crippen LogP contribution in [-0.4, -0.2) is 12.6 Å². The largest absolute Gasteiger partial charge is 0.310 e. The summed E-state index contributed by atoms with van der Waals surface area (Å²) in [6.07, 6.45) is 15.1. The standard InChI is InChI=1S/C29H38FN/c30-29(28-12-7-21-31-28,26-17-13-24(14-18-26)22-8-3-1-4-9-22)27-19-15-25(16-20-27)23-10-5-2-6-11-23/h13-20,22-23,28,31H,1-12,21H2. The Labute approximate surface area is 187 Å². The van der Waals surface area contributed by atoms with Crippen molar-refractivity contribution in [2.75, 3.05) is 6.54 Å². The molecule has 5 rings (SSSR count). The molecule has 2 aromatic carbocycles. The van der Waals surface area contributed by atoms with Gasteiger partial charge in [0, 0.05) is 6.04 Å². The summed E-state index contributed by atoms with van der Waals surface area (Å²) in [6.45, 7) is 0.913. The Morgan fingerprint density at radius 3 is 1.42 bits per heavy atom. The van der Waals surface area contributed by atoms with Gasteiger partial charge in [0.25, 0.3) is 0 Å². The summed E-state index contributed by atoms with van der Waals surface area (Å²) < 4.78 is 17.0. The molecule has 1 nitrogen and oxygen atoms in total. The van der Waals surface area contributed by atoms with Gasteiger partial charge in [0.2, 0.25) is 0 Å². The quantitative estimate of drug-likeness (QED) is 0.522. The molecule has 2 aromatic rings. The highest BCUT2D eigenvalue weighted by atomic mass is 19.1. The van der Waals surface area contributed by atoms with Gasteiger partial charge >= 0.3 is 0 Å². The normalized spacial score (nSPS) is 23.8. The predicted octanol–water partition coefficient (Wildman–Crippen LogP) is 7.75. The molecule has 0 amide bonds. The van der Waals surface area contributed by atoms with Gasteiger partial charge in [0.15, 0.2) is 5.67 Å². The van der Waals surface area contributed by atoms with E-state index in [1.165, 1.54) is 75.3 Å². The Morgan fingerprint density at radius 2 is 1.03 bits per heavy atom. The number of hydrogen-bond acceptors (Lipinski definition) is 1. The molecule has 2 heteroatoms. The van der Waals surface area contributed by atoms with Crippen molar-refractivity contribution in [1.82, 2.24) is 5.32 Å². The molecule has 1 atom stereocenters. The summed E-state index contributed by atoms with van der Waals surface area (Å²) in [5.41, 5.74) is 2.97. The van der Waals surface area contributed by atoms with Gasteiger partial charge in [-0.3, -0.25) is 0 Å². The van der Waals surface area contributed by atoms with Crippen LogP contribution in [0, 0.1) is 0 Å². The second kappa shape index (κ2) is 9.45. The van der Waals surface area contributed by atoms with E-state index < -0.39 is 5.67 Å². The summed E-state index contributed by atoms with van der Waals surface area (Å²) in [5, 5.41) is 3.48. The molecule has 2 saturated carbocycles. The average molecular weight is 420 g/mol. The summed E-state index contributed by atoms with van der Waals surface area (Å²) in [5.74, 6) is 1.33. The number of hydrogen-bond donors (Lipinski definition) is 1. The van der Waals surface area contributed by atoms with Crippen LogP contribution in [0.3, 0.4) is 0 Å². The van der Waals surface area contributed by atoms with Crippen molar-refractivity contribution in [3.8, 4) is 0 Å². The highest BCUT2D eigenvalue weighted by Crippen LogP contribution is 2.42. The van der Waals surface area contributed by atoms with Crippen LogP contribution in [-0.2, 0) is 5.67 Å². The van der Waals surface area contributed by atoms with Crippen molar-refractivity contribution in [3.05, 3.63) is 70.8 Å². The molecule has 166 valence electrons. The second-order valence-corrected chi connectivity index (χ2v) is 10.3. The number of benzene rings is 2. The molecular weight excluding hydrogens is 381 g/mol. The van der Waals surface area contributed by atoms with E-state index in [1.807, 2.05) is 0 Å². The molecule has 1 saturated heterocycles. The lowest BCUT2D eigenvalue weighted by Gasteiger charge is -2.33. The molecule has 1 unspecified atom stereocenters. The van der Waals surface area contributed by atoms with Crippen molar-refractivity contribution in [2.45, 2.75) is 101 Å². The number of halogens is 1. The van der Waals surface area contributed by atoms with Crippen LogP contribution < -0.4 is 5.32 Å². The minimum atomic E-state index is -1.47. The molecule has 1 heterocycles. The molecule has 1 N–H and O–H groups in total. The monoisotopic (exact) mass is 419 g/mol. The molecule has 1 aliphatic heterocycles. The van der Waals surface area contributed by atoms with E-state index in [0.717, 1.165) is 30.5 Å². The fourth-order valence-corrected chi connectivity index (χ4v) is 6.46. The average Bonchev–Trinajstić information content (AvgIpc) is 3.41. The molecule has 2 aliphatic carbocycles. The zero-order valence-electron chi connectivity index (χ0n) is 18.9. The highest BCUT2D eigenvalue weighted by molar-refractivity contribution is 5.42. The van der Waals surface area contributed by atoms with Crippen LogP contribution in [0.1, 0.15) is 111 Å². The van der Waals surface area contributed by atoms with Gasteiger partial charge in [-0.1, -0.05) is 87.1 Å². The van der Waals surface area contributed by atoms with Crippen molar-refractivity contribution in [1.29, 1.82) is 0 Å². The number of alkyl halides is 1. The van der Waals surface area contributed by atoms with Crippen LogP contribution in [0.5, 0.6) is 0 Å². The summed E-state index contributed by atoms with van der Waals surface area (Å²) in [6, 6.07) is 17.0. The SMILES string of the molecule is FC(c1ccc(C2CCCCC2)cc1)(c1ccc(C2CCCCC2)cc1)C1CCCN1. The van der Waals surface area contributed by atoms with Crippen molar-refractivity contribution in [3.63, 3.8) is 0 Å². The van der Waals surface area contributed by atoms with Gasteiger partial charge < -0.3 is 5.32 Å². The lowest BCUT2D eigenvalue weighted by atomic mass is 9.78. The smallest absolute Gasteiger partial charge is 0.176 e. The zero-order chi connectivity index (χ0) is 21.1. The lowest BCUT2D eigenvalue weighted by molar-refractivity contribution is 0.163. The molecule has 0 radical (unpaired) electrons. The number of rotatable bonds is 5. The minimum Gasteiger partial charge on any atom is -0.310 e. The Balaban J connectivity index is 1.43. The maximum absolute atomic E-state index is 17.0. The first-order valence-corrected chi connectivity index (χ1v) is 12.9. The van der Waals surface area contributed by atoms with E-state index in [1.54, 1.807) is 0 Å². The molecular formula is C29H38FN. The Kier molecular flexibility index (Phi) is 6.46. The Hall–Kier alpha value is -1.67. The summed E-state index contributed by atoms with van der Waals surface area (Å²) in [4.78, 5) is 0.